The third-order valence-electron chi connectivity index (χ3n) is 6.75. The monoisotopic (exact) mass is 320 g/mol. The van der Waals surface area contributed by atoms with E-state index in [2.05, 4.69) is 27.4 Å². The quantitative estimate of drug-likeness (QED) is 0.589. The summed E-state index contributed by atoms with van der Waals surface area (Å²) in [6, 6.07) is 0. The van der Waals surface area contributed by atoms with Crippen molar-refractivity contribution in [2.24, 2.45) is 22.7 Å². The van der Waals surface area contributed by atoms with Crippen molar-refractivity contribution in [1.29, 1.82) is 0 Å². The Bertz CT molecular complexity index is 517. The maximum absolute atomic E-state index is 10.8. The molecule has 0 aromatic carbocycles. The molecule has 1 unspecified atom stereocenters. The fourth-order valence-electron chi connectivity index (χ4n) is 5.35. The molecule has 3 heteroatoms. The number of aliphatic hydroxyl groups excluding tert-OH is 1. The molecule has 23 heavy (non-hydrogen) atoms. The first-order valence-electron chi connectivity index (χ1n) is 8.85. The van der Waals surface area contributed by atoms with Gasteiger partial charge < -0.3 is 10.2 Å². The summed E-state index contributed by atoms with van der Waals surface area (Å²) in [4.78, 5) is 10.8. The molecular formula is C20H32O3. The van der Waals surface area contributed by atoms with Gasteiger partial charge in [-0.15, -0.1) is 0 Å². The summed E-state index contributed by atoms with van der Waals surface area (Å²) in [5.74, 6) is 0.0548. The molecule has 0 aromatic rings. The van der Waals surface area contributed by atoms with Crippen LogP contribution in [0.25, 0.3) is 0 Å². The van der Waals surface area contributed by atoms with Gasteiger partial charge in [-0.25, -0.2) is 4.79 Å². The lowest BCUT2D eigenvalue weighted by molar-refractivity contribution is -0.131. The van der Waals surface area contributed by atoms with Crippen molar-refractivity contribution in [2.45, 2.75) is 72.3 Å². The fraction of sp³-hybridized carbons (Fsp3) is 0.750. The third-order valence-corrected chi connectivity index (χ3v) is 6.75. The zero-order valence-corrected chi connectivity index (χ0v) is 15.1. The highest BCUT2D eigenvalue weighted by atomic mass is 16.4. The number of carboxylic acids is 1. The van der Waals surface area contributed by atoms with Crippen molar-refractivity contribution < 1.29 is 15.0 Å². The lowest BCUT2D eigenvalue weighted by atomic mass is 9.46. The molecular weight excluding hydrogens is 288 g/mol. The molecule has 130 valence electrons. The minimum Gasteiger partial charge on any atom is -0.478 e. The second kappa shape index (κ2) is 6.43. The Labute approximate surface area is 140 Å². The normalized spacial score (nSPS) is 37.3. The summed E-state index contributed by atoms with van der Waals surface area (Å²) < 4.78 is 0. The molecule has 0 bridgehead atoms. The van der Waals surface area contributed by atoms with E-state index in [1.807, 2.05) is 6.92 Å². The van der Waals surface area contributed by atoms with Crippen molar-refractivity contribution in [3.63, 3.8) is 0 Å². The minimum absolute atomic E-state index is 0.0576. The molecule has 0 saturated heterocycles. The first-order valence-corrected chi connectivity index (χ1v) is 8.85. The van der Waals surface area contributed by atoms with Gasteiger partial charge in [0.05, 0.1) is 6.10 Å². The summed E-state index contributed by atoms with van der Waals surface area (Å²) in [6.45, 7) is 13.0. The van der Waals surface area contributed by atoms with E-state index in [1.54, 1.807) is 0 Å². The summed E-state index contributed by atoms with van der Waals surface area (Å²) >= 11 is 0. The SMILES string of the molecule is C=C1CC[C@@H]2C(C)(C)C(O)CC[C@]2(C)[C@@H]1CCC(C)=CC(=O)O. The van der Waals surface area contributed by atoms with E-state index in [1.165, 1.54) is 11.6 Å². The smallest absolute Gasteiger partial charge is 0.328 e. The second-order valence-corrected chi connectivity index (χ2v) is 8.55. The highest BCUT2D eigenvalue weighted by Crippen LogP contribution is 2.61. The van der Waals surface area contributed by atoms with Gasteiger partial charge in [0.15, 0.2) is 0 Å². The van der Waals surface area contributed by atoms with Gasteiger partial charge in [0, 0.05) is 6.08 Å². The number of fused-ring (bicyclic) bond motifs is 1. The highest BCUT2D eigenvalue weighted by molar-refractivity contribution is 5.80. The summed E-state index contributed by atoms with van der Waals surface area (Å²) in [7, 11) is 0. The van der Waals surface area contributed by atoms with Crippen LogP contribution in [0.2, 0.25) is 0 Å². The molecule has 0 aliphatic heterocycles. The molecule has 4 atom stereocenters. The lowest BCUT2D eigenvalue weighted by Gasteiger charge is -2.59. The van der Waals surface area contributed by atoms with E-state index in [0.29, 0.717) is 11.8 Å². The van der Waals surface area contributed by atoms with Crippen molar-refractivity contribution in [3.05, 3.63) is 23.8 Å². The van der Waals surface area contributed by atoms with Crippen molar-refractivity contribution >= 4 is 5.97 Å². The Morgan fingerprint density at radius 1 is 1.35 bits per heavy atom. The molecule has 2 N–H and O–H groups in total. The molecule has 2 fully saturated rings. The lowest BCUT2D eigenvalue weighted by Crippen LogP contribution is -2.54. The van der Waals surface area contributed by atoms with E-state index in [0.717, 1.165) is 44.1 Å². The summed E-state index contributed by atoms with van der Waals surface area (Å²) in [5.41, 5.74) is 2.35. The predicted molar refractivity (Wildman–Crippen MR) is 93.1 cm³/mol. The van der Waals surface area contributed by atoms with Gasteiger partial charge >= 0.3 is 5.97 Å². The molecule has 0 radical (unpaired) electrons. The van der Waals surface area contributed by atoms with E-state index >= 15 is 0 Å². The van der Waals surface area contributed by atoms with Gasteiger partial charge in [-0.05, 0) is 68.1 Å². The Kier molecular flexibility index (Phi) is 5.10. The zero-order valence-electron chi connectivity index (χ0n) is 15.1. The van der Waals surface area contributed by atoms with E-state index in [9.17, 15) is 9.90 Å². The number of allylic oxidation sites excluding steroid dienone is 2. The van der Waals surface area contributed by atoms with Crippen LogP contribution in [-0.4, -0.2) is 22.3 Å². The molecule has 0 heterocycles. The number of hydrogen-bond donors (Lipinski definition) is 2. The molecule has 0 amide bonds. The molecule has 2 rings (SSSR count). The predicted octanol–water partition coefficient (Wildman–Crippen LogP) is 4.57. The van der Waals surface area contributed by atoms with Crippen LogP contribution in [0.4, 0.5) is 0 Å². The minimum atomic E-state index is -0.865. The number of carboxylic acid groups (broad SMARTS) is 1. The van der Waals surface area contributed by atoms with Crippen LogP contribution in [0.5, 0.6) is 0 Å². The van der Waals surface area contributed by atoms with Gasteiger partial charge in [-0.2, -0.15) is 0 Å². The van der Waals surface area contributed by atoms with Gasteiger partial charge in [0.1, 0.15) is 0 Å². The van der Waals surface area contributed by atoms with Crippen LogP contribution in [0.1, 0.15) is 66.2 Å². The summed E-state index contributed by atoms with van der Waals surface area (Å²) in [5, 5.41) is 19.3. The Balaban J connectivity index is 2.21. The second-order valence-electron chi connectivity index (χ2n) is 8.55. The highest BCUT2D eigenvalue weighted by Gasteiger charge is 2.55. The standard InChI is InChI=1S/C20H32O3/c1-13(12-18(22)23)6-8-15-14(2)7-9-16-19(3,4)17(21)10-11-20(15,16)5/h12,15-17,21H,2,6-11H2,1,3-5H3,(H,22,23)/t15-,16-,17?,20-/m1/s1. The van der Waals surface area contributed by atoms with Gasteiger partial charge in [0.25, 0.3) is 0 Å². The fourth-order valence-corrected chi connectivity index (χ4v) is 5.35. The molecule has 3 nitrogen and oxygen atoms in total. The number of carbonyl (C=O) groups is 1. The molecule has 2 aliphatic carbocycles. The van der Waals surface area contributed by atoms with Crippen LogP contribution in [-0.2, 0) is 4.79 Å². The Hall–Kier alpha value is -1.09. The molecule has 2 aliphatic rings. The van der Waals surface area contributed by atoms with Crippen molar-refractivity contribution in [3.8, 4) is 0 Å². The maximum Gasteiger partial charge on any atom is 0.328 e. The number of rotatable bonds is 4. The Morgan fingerprint density at radius 2 is 2.00 bits per heavy atom. The first kappa shape index (κ1) is 18.3. The van der Waals surface area contributed by atoms with E-state index in [-0.39, 0.29) is 16.9 Å². The van der Waals surface area contributed by atoms with Crippen LogP contribution < -0.4 is 0 Å². The topological polar surface area (TPSA) is 57.5 Å². The Morgan fingerprint density at radius 3 is 2.61 bits per heavy atom. The van der Waals surface area contributed by atoms with Crippen molar-refractivity contribution in [1.82, 2.24) is 0 Å². The first-order chi connectivity index (χ1) is 10.6. The van der Waals surface area contributed by atoms with Gasteiger partial charge in [0.2, 0.25) is 0 Å². The average Bonchev–Trinajstić information content (AvgIpc) is 2.42. The largest absolute Gasteiger partial charge is 0.478 e. The number of aliphatic hydroxyl groups is 1. The van der Waals surface area contributed by atoms with Gasteiger partial charge in [-0.1, -0.05) is 38.5 Å². The van der Waals surface area contributed by atoms with Crippen LogP contribution in [0, 0.1) is 22.7 Å². The molecule has 2 saturated carbocycles. The number of aliphatic carboxylic acids is 1. The van der Waals surface area contributed by atoms with E-state index < -0.39 is 5.97 Å². The van der Waals surface area contributed by atoms with Crippen LogP contribution in [0.15, 0.2) is 23.8 Å². The third kappa shape index (κ3) is 3.40. The van der Waals surface area contributed by atoms with E-state index in [4.69, 9.17) is 5.11 Å². The van der Waals surface area contributed by atoms with Crippen LogP contribution >= 0.6 is 0 Å². The molecule has 0 aromatic heterocycles. The van der Waals surface area contributed by atoms with Crippen molar-refractivity contribution in [2.75, 3.05) is 0 Å². The number of hydrogen-bond acceptors (Lipinski definition) is 2. The van der Waals surface area contributed by atoms with Gasteiger partial charge in [-0.3, -0.25) is 0 Å². The average molecular weight is 320 g/mol. The summed E-state index contributed by atoms with van der Waals surface area (Å²) in [6.07, 6.45) is 6.90. The maximum atomic E-state index is 10.8. The zero-order chi connectivity index (χ0) is 17.4. The van der Waals surface area contributed by atoms with Crippen LogP contribution in [0.3, 0.4) is 0 Å². The molecule has 0 spiro atoms.